The van der Waals surface area contributed by atoms with Gasteiger partial charge in [0.15, 0.2) is 15.8 Å². The number of rotatable bonds is 6. The molecular weight excluding hydrogens is 462 g/mol. The number of halogens is 2. The molecule has 3 aromatic heterocycles. The molecule has 0 aromatic carbocycles. The first-order valence-corrected chi connectivity index (χ1v) is 12.5. The van der Waals surface area contributed by atoms with Crippen molar-refractivity contribution < 1.29 is 21.9 Å². The lowest BCUT2D eigenvalue weighted by atomic mass is 10.2. The van der Waals surface area contributed by atoms with E-state index in [4.69, 9.17) is 4.74 Å². The first-order chi connectivity index (χ1) is 15.2. The van der Waals surface area contributed by atoms with E-state index in [1.165, 1.54) is 6.20 Å². The van der Waals surface area contributed by atoms with Crippen LogP contribution in [0.4, 0.5) is 14.5 Å². The van der Waals surface area contributed by atoms with Crippen LogP contribution in [0, 0.1) is 0 Å². The third-order valence-electron chi connectivity index (χ3n) is 5.69. The van der Waals surface area contributed by atoms with Crippen molar-refractivity contribution in [2.45, 2.75) is 49.7 Å². The van der Waals surface area contributed by atoms with E-state index >= 15 is 0 Å². The van der Waals surface area contributed by atoms with E-state index in [0.717, 1.165) is 24.2 Å². The van der Waals surface area contributed by atoms with Crippen molar-refractivity contribution in [1.29, 1.82) is 0 Å². The summed E-state index contributed by atoms with van der Waals surface area (Å²) in [7, 11) is -3.82. The number of imidazole rings is 1. The Morgan fingerprint density at radius 1 is 1.34 bits per heavy atom. The van der Waals surface area contributed by atoms with Crippen LogP contribution in [0.5, 0.6) is 0 Å². The maximum atomic E-state index is 13.2. The summed E-state index contributed by atoms with van der Waals surface area (Å²) in [5.74, 6) is 0.265. The summed E-state index contributed by atoms with van der Waals surface area (Å²) in [6, 6.07) is 1.64. The molecule has 1 saturated heterocycles. The molecule has 0 bridgehead atoms. The van der Waals surface area contributed by atoms with Crippen molar-refractivity contribution in [3.63, 3.8) is 0 Å². The van der Waals surface area contributed by atoms with Crippen LogP contribution in [0.15, 0.2) is 23.4 Å². The third kappa shape index (κ3) is 3.98. The van der Waals surface area contributed by atoms with Gasteiger partial charge >= 0.3 is 0 Å². The number of aromatic nitrogens is 4. The second-order valence-electron chi connectivity index (χ2n) is 8.44. The van der Waals surface area contributed by atoms with Crippen LogP contribution in [0.3, 0.4) is 0 Å². The lowest BCUT2D eigenvalue weighted by Gasteiger charge is -2.33. The van der Waals surface area contributed by atoms with Gasteiger partial charge in [0.25, 0.3) is 6.43 Å². The highest BCUT2D eigenvalue weighted by Crippen LogP contribution is 2.37. The van der Waals surface area contributed by atoms with Gasteiger partial charge < -0.3 is 9.64 Å². The third-order valence-corrected chi connectivity index (χ3v) is 8.22. The molecule has 1 atom stereocenters. The minimum atomic E-state index is -3.82. The Morgan fingerprint density at radius 2 is 2.12 bits per heavy atom. The Balaban J connectivity index is 1.66. The molecule has 1 aliphatic carbocycles. The summed E-state index contributed by atoms with van der Waals surface area (Å²) in [6.45, 7) is 5.50. The Kier molecular flexibility index (Phi) is 5.19. The van der Waals surface area contributed by atoms with Gasteiger partial charge in [-0.1, -0.05) is 11.3 Å². The standard InChI is InChI=1S/C19H22F2N6O3S2/c1-11-9-26(5-6-30-11)13-7-12(32(28,29)25-19(2)3-4-19)10-27-14(13)8-22-16(27)18-24-23-17(31-18)15(20)21/h7-8,10-11,15,25H,3-6,9H2,1-2H3/t11-/m0/s1. The zero-order valence-electron chi connectivity index (χ0n) is 17.5. The second-order valence-corrected chi connectivity index (χ2v) is 11.1. The Hall–Kier alpha value is -2.22. The molecule has 5 rings (SSSR count). The Labute approximate surface area is 187 Å². The molecule has 0 spiro atoms. The monoisotopic (exact) mass is 484 g/mol. The fraction of sp³-hybridized carbons (Fsp3) is 0.526. The number of nitrogens with one attached hydrogen (secondary N) is 1. The number of ether oxygens (including phenoxy) is 1. The lowest BCUT2D eigenvalue weighted by Crippen LogP contribution is -2.41. The van der Waals surface area contributed by atoms with Gasteiger partial charge in [-0.3, -0.25) is 4.40 Å². The van der Waals surface area contributed by atoms with Gasteiger partial charge in [0.2, 0.25) is 10.0 Å². The van der Waals surface area contributed by atoms with Crippen LogP contribution < -0.4 is 9.62 Å². The summed E-state index contributed by atoms with van der Waals surface area (Å²) in [6.07, 6.45) is 1.85. The normalized spacial score (nSPS) is 20.9. The molecule has 4 heterocycles. The van der Waals surface area contributed by atoms with Crippen molar-refractivity contribution in [3.05, 3.63) is 23.5 Å². The van der Waals surface area contributed by atoms with Gasteiger partial charge in [-0.15, -0.1) is 10.2 Å². The van der Waals surface area contributed by atoms with E-state index in [1.807, 2.05) is 13.8 Å². The van der Waals surface area contributed by atoms with Crippen LogP contribution in [0.25, 0.3) is 16.3 Å². The quantitative estimate of drug-likeness (QED) is 0.574. The van der Waals surface area contributed by atoms with Crippen LogP contribution in [-0.2, 0) is 14.8 Å². The van der Waals surface area contributed by atoms with Gasteiger partial charge in [-0.25, -0.2) is 26.9 Å². The number of hydrogen-bond acceptors (Lipinski definition) is 8. The fourth-order valence-electron chi connectivity index (χ4n) is 3.74. The highest BCUT2D eigenvalue weighted by molar-refractivity contribution is 7.89. The van der Waals surface area contributed by atoms with Crippen molar-refractivity contribution in [2.24, 2.45) is 0 Å². The molecule has 32 heavy (non-hydrogen) atoms. The average molecular weight is 485 g/mol. The molecule has 1 saturated carbocycles. The summed E-state index contributed by atoms with van der Waals surface area (Å²) < 4.78 is 62.4. The number of anilines is 1. The van der Waals surface area contributed by atoms with E-state index in [-0.39, 0.29) is 21.8 Å². The number of nitrogens with zero attached hydrogens (tertiary/aromatic N) is 5. The van der Waals surface area contributed by atoms with Crippen molar-refractivity contribution in [1.82, 2.24) is 24.3 Å². The van der Waals surface area contributed by atoms with Crippen molar-refractivity contribution in [3.8, 4) is 10.8 Å². The number of hydrogen-bond donors (Lipinski definition) is 1. The molecule has 9 nitrogen and oxygen atoms in total. The number of alkyl halides is 2. The van der Waals surface area contributed by atoms with Crippen LogP contribution in [-0.4, -0.2) is 59.3 Å². The number of fused-ring (bicyclic) bond motifs is 1. The first kappa shape index (κ1) is 21.6. The van der Waals surface area contributed by atoms with Crippen LogP contribution in [0.1, 0.15) is 38.1 Å². The van der Waals surface area contributed by atoms with E-state index in [9.17, 15) is 17.2 Å². The minimum Gasteiger partial charge on any atom is -0.375 e. The molecule has 0 unspecified atom stereocenters. The summed E-state index contributed by atoms with van der Waals surface area (Å²) in [5.41, 5.74) is 0.894. The fourth-order valence-corrected chi connectivity index (χ4v) is 5.91. The van der Waals surface area contributed by atoms with E-state index < -0.39 is 27.0 Å². The highest BCUT2D eigenvalue weighted by atomic mass is 32.2. The summed E-state index contributed by atoms with van der Waals surface area (Å²) in [4.78, 5) is 6.50. The number of sulfonamides is 1. The molecule has 1 aliphatic heterocycles. The van der Waals surface area contributed by atoms with Crippen molar-refractivity contribution >= 4 is 32.6 Å². The molecule has 2 aliphatic rings. The van der Waals surface area contributed by atoms with E-state index in [0.29, 0.717) is 30.9 Å². The predicted molar refractivity (Wildman–Crippen MR) is 115 cm³/mol. The van der Waals surface area contributed by atoms with Gasteiger partial charge in [-0.05, 0) is 32.8 Å². The minimum absolute atomic E-state index is 0.0216. The molecule has 0 radical (unpaired) electrons. The molecular formula is C19H22F2N6O3S2. The van der Waals surface area contributed by atoms with E-state index in [2.05, 4.69) is 24.8 Å². The van der Waals surface area contributed by atoms with Crippen LogP contribution >= 0.6 is 11.3 Å². The van der Waals surface area contributed by atoms with Gasteiger partial charge in [0.05, 0.1) is 30.1 Å². The smallest absolute Gasteiger partial charge is 0.291 e. The number of pyridine rings is 1. The molecule has 172 valence electrons. The lowest BCUT2D eigenvalue weighted by molar-refractivity contribution is 0.0533. The molecule has 2 fully saturated rings. The summed E-state index contributed by atoms with van der Waals surface area (Å²) >= 11 is 0.735. The van der Waals surface area contributed by atoms with Gasteiger partial charge in [-0.2, -0.15) is 0 Å². The topological polar surface area (TPSA) is 102 Å². The van der Waals surface area contributed by atoms with Crippen molar-refractivity contribution in [2.75, 3.05) is 24.6 Å². The molecule has 0 amide bonds. The van der Waals surface area contributed by atoms with E-state index in [1.54, 1.807) is 16.7 Å². The Bertz CT molecular complexity index is 1270. The van der Waals surface area contributed by atoms with Gasteiger partial charge in [0, 0.05) is 24.8 Å². The molecule has 13 heteroatoms. The second kappa shape index (κ2) is 7.68. The molecule has 3 aromatic rings. The molecule has 1 N–H and O–H groups in total. The zero-order chi connectivity index (χ0) is 22.7. The highest BCUT2D eigenvalue weighted by Gasteiger charge is 2.41. The van der Waals surface area contributed by atoms with Crippen LogP contribution in [0.2, 0.25) is 0 Å². The zero-order valence-corrected chi connectivity index (χ0v) is 19.1. The van der Waals surface area contributed by atoms with Gasteiger partial charge in [0.1, 0.15) is 4.90 Å². The predicted octanol–water partition coefficient (Wildman–Crippen LogP) is 2.85. The average Bonchev–Trinajstić information content (AvgIpc) is 3.14. The Morgan fingerprint density at radius 3 is 2.78 bits per heavy atom. The largest absolute Gasteiger partial charge is 0.375 e. The summed E-state index contributed by atoms with van der Waals surface area (Å²) in [5, 5.41) is 7.17. The number of morpholine rings is 1. The maximum Gasteiger partial charge on any atom is 0.291 e. The SMILES string of the molecule is C[C@H]1CN(c2cc(S(=O)(=O)NC3(C)CC3)cn3c(-c4nnc(C(F)F)s4)ncc23)CCO1. The maximum absolute atomic E-state index is 13.2. The first-order valence-electron chi connectivity index (χ1n) is 10.2.